The molecule has 0 bridgehead atoms. The number of benzene rings is 1. The number of rotatable bonds is 4. The Balaban J connectivity index is 1.79. The lowest BCUT2D eigenvalue weighted by molar-refractivity contribution is 0.0923. The van der Waals surface area contributed by atoms with Gasteiger partial charge in [0.05, 0.1) is 5.56 Å². The first-order valence-electron chi connectivity index (χ1n) is 8.12. The van der Waals surface area contributed by atoms with Gasteiger partial charge in [-0.1, -0.05) is 18.5 Å². The van der Waals surface area contributed by atoms with Gasteiger partial charge < -0.3 is 15.4 Å². The van der Waals surface area contributed by atoms with E-state index in [1.54, 1.807) is 12.1 Å². The summed E-state index contributed by atoms with van der Waals surface area (Å²) in [7, 11) is 0. The van der Waals surface area contributed by atoms with Crippen molar-refractivity contribution < 1.29 is 9.53 Å². The summed E-state index contributed by atoms with van der Waals surface area (Å²) in [5.41, 5.74) is 1.55. The fraction of sp³-hybridized carbons (Fsp3) is 0.588. The zero-order valence-electron chi connectivity index (χ0n) is 13.1. The van der Waals surface area contributed by atoms with E-state index in [0.717, 1.165) is 31.4 Å². The van der Waals surface area contributed by atoms with E-state index < -0.39 is 0 Å². The molecule has 5 heteroatoms. The van der Waals surface area contributed by atoms with Crippen LogP contribution in [0.25, 0.3) is 0 Å². The highest BCUT2D eigenvalue weighted by Crippen LogP contribution is 2.37. The number of fused-ring (bicyclic) bond motifs is 1. The number of halogens is 1. The summed E-state index contributed by atoms with van der Waals surface area (Å²) in [4.78, 5) is 12.7. The molecule has 2 N–H and O–H groups in total. The second kappa shape index (κ2) is 6.47. The fourth-order valence-corrected chi connectivity index (χ4v) is 3.65. The summed E-state index contributed by atoms with van der Waals surface area (Å²) >= 11 is 6.23. The molecule has 0 saturated carbocycles. The maximum absolute atomic E-state index is 12.7. The van der Waals surface area contributed by atoms with Crippen molar-refractivity contribution in [3.63, 3.8) is 0 Å². The number of carbonyl (C=O) groups is 1. The molecule has 1 aromatic carbocycles. The largest absolute Gasteiger partial charge is 0.489 e. The normalized spacial score (nSPS) is 24.7. The maximum atomic E-state index is 12.7. The van der Waals surface area contributed by atoms with Crippen LogP contribution in [0.5, 0.6) is 5.75 Å². The predicted molar refractivity (Wildman–Crippen MR) is 87.8 cm³/mol. The lowest BCUT2D eigenvalue weighted by Gasteiger charge is -2.24. The molecule has 120 valence electrons. The van der Waals surface area contributed by atoms with E-state index >= 15 is 0 Å². The molecule has 1 saturated heterocycles. The van der Waals surface area contributed by atoms with E-state index in [4.69, 9.17) is 16.3 Å². The summed E-state index contributed by atoms with van der Waals surface area (Å²) in [6.45, 7) is 5.14. The molecular weight excluding hydrogens is 300 g/mol. The Hall–Kier alpha value is -1.26. The van der Waals surface area contributed by atoms with Crippen LogP contribution in [0.2, 0.25) is 5.02 Å². The first-order chi connectivity index (χ1) is 10.6. The number of hydrogen-bond donors (Lipinski definition) is 2. The van der Waals surface area contributed by atoms with Crippen LogP contribution in [0.4, 0.5) is 0 Å². The van der Waals surface area contributed by atoms with Crippen LogP contribution >= 0.6 is 11.6 Å². The second-order valence-corrected chi connectivity index (χ2v) is 6.63. The summed E-state index contributed by atoms with van der Waals surface area (Å²) < 4.78 is 5.82. The van der Waals surface area contributed by atoms with Gasteiger partial charge in [-0.25, -0.2) is 0 Å². The lowest BCUT2D eigenvalue weighted by atomic mass is 10.0. The minimum atomic E-state index is -0.0671. The van der Waals surface area contributed by atoms with E-state index in [-0.39, 0.29) is 18.1 Å². The maximum Gasteiger partial charge on any atom is 0.255 e. The van der Waals surface area contributed by atoms with Gasteiger partial charge in [0.2, 0.25) is 0 Å². The van der Waals surface area contributed by atoms with E-state index in [2.05, 4.69) is 17.6 Å². The molecule has 2 aliphatic heterocycles. The Kier molecular flexibility index (Phi) is 4.59. The zero-order valence-corrected chi connectivity index (χ0v) is 13.9. The molecule has 2 heterocycles. The smallest absolute Gasteiger partial charge is 0.255 e. The lowest BCUT2D eigenvalue weighted by Crippen LogP contribution is -2.47. The van der Waals surface area contributed by atoms with Crippen molar-refractivity contribution in [1.29, 1.82) is 0 Å². The van der Waals surface area contributed by atoms with Gasteiger partial charge in [0, 0.05) is 29.1 Å². The monoisotopic (exact) mass is 322 g/mol. The molecule has 1 aromatic rings. The van der Waals surface area contributed by atoms with Crippen LogP contribution in [0.15, 0.2) is 12.1 Å². The summed E-state index contributed by atoms with van der Waals surface area (Å²) in [5, 5.41) is 7.31. The number of carbonyl (C=O) groups excluding carboxylic acids is 1. The average molecular weight is 323 g/mol. The van der Waals surface area contributed by atoms with Crippen LogP contribution in [0, 0.1) is 0 Å². The second-order valence-electron chi connectivity index (χ2n) is 6.23. The quantitative estimate of drug-likeness (QED) is 0.896. The molecule has 4 nitrogen and oxygen atoms in total. The van der Waals surface area contributed by atoms with Crippen molar-refractivity contribution in [2.24, 2.45) is 0 Å². The Morgan fingerprint density at radius 3 is 3.05 bits per heavy atom. The van der Waals surface area contributed by atoms with Crippen molar-refractivity contribution >= 4 is 17.5 Å². The molecule has 3 rings (SSSR count). The minimum Gasteiger partial charge on any atom is -0.489 e. The average Bonchev–Trinajstić information content (AvgIpc) is 3.14. The van der Waals surface area contributed by atoms with Crippen LogP contribution < -0.4 is 15.4 Å². The standard InChI is InChI=1S/C17H23ClN2O2/c1-3-14(15-5-4-8-19-15)20-17(21)11-6-7-13(18)12-9-10(2)22-16(11)12/h6-7,10,14-15,19H,3-5,8-9H2,1-2H3,(H,20,21). The van der Waals surface area contributed by atoms with Gasteiger partial charge >= 0.3 is 0 Å². The van der Waals surface area contributed by atoms with Crippen LogP contribution in [0.3, 0.4) is 0 Å². The molecule has 1 amide bonds. The highest BCUT2D eigenvalue weighted by Gasteiger charge is 2.30. The van der Waals surface area contributed by atoms with Crippen LogP contribution in [-0.4, -0.2) is 30.6 Å². The summed E-state index contributed by atoms with van der Waals surface area (Å²) in [6.07, 6.45) is 4.03. The number of ether oxygens (including phenoxy) is 1. The SMILES string of the molecule is CCC(NC(=O)c1ccc(Cl)c2c1OC(C)C2)C1CCCN1. The Morgan fingerprint density at radius 2 is 2.36 bits per heavy atom. The molecule has 3 atom stereocenters. The van der Waals surface area contributed by atoms with Gasteiger partial charge in [-0.05, 0) is 44.9 Å². The predicted octanol–water partition coefficient (Wildman–Crippen LogP) is 2.92. The van der Waals surface area contributed by atoms with Crippen molar-refractivity contribution in [2.45, 2.75) is 57.7 Å². The van der Waals surface area contributed by atoms with Gasteiger partial charge in [0.25, 0.3) is 5.91 Å². The molecule has 0 aliphatic carbocycles. The minimum absolute atomic E-state index is 0.0671. The highest BCUT2D eigenvalue weighted by atomic mass is 35.5. The first-order valence-corrected chi connectivity index (χ1v) is 8.50. The van der Waals surface area contributed by atoms with Gasteiger partial charge in [0.15, 0.2) is 0 Å². The topological polar surface area (TPSA) is 50.4 Å². The van der Waals surface area contributed by atoms with E-state index in [0.29, 0.717) is 22.4 Å². The van der Waals surface area contributed by atoms with Crippen molar-refractivity contribution in [3.05, 3.63) is 28.3 Å². The Morgan fingerprint density at radius 1 is 1.55 bits per heavy atom. The van der Waals surface area contributed by atoms with Crippen molar-refractivity contribution in [2.75, 3.05) is 6.54 Å². The van der Waals surface area contributed by atoms with E-state index in [1.165, 1.54) is 6.42 Å². The molecular formula is C17H23ClN2O2. The van der Waals surface area contributed by atoms with Crippen molar-refractivity contribution in [1.82, 2.24) is 10.6 Å². The van der Waals surface area contributed by atoms with Crippen molar-refractivity contribution in [3.8, 4) is 5.75 Å². The van der Waals surface area contributed by atoms with E-state index in [1.807, 2.05) is 6.92 Å². The highest BCUT2D eigenvalue weighted by molar-refractivity contribution is 6.31. The van der Waals surface area contributed by atoms with Crippen LogP contribution in [-0.2, 0) is 6.42 Å². The molecule has 0 spiro atoms. The van der Waals surface area contributed by atoms with Gasteiger partial charge in [-0.3, -0.25) is 4.79 Å². The Bertz CT molecular complexity index is 570. The Labute approximate surface area is 136 Å². The molecule has 3 unspecified atom stereocenters. The molecule has 2 aliphatic rings. The molecule has 22 heavy (non-hydrogen) atoms. The number of amides is 1. The van der Waals surface area contributed by atoms with Gasteiger partial charge in [-0.15, -0.1) is 0 Å². The summed E-state index contributed by atoms with van der Waals surface area (Å²) in [5.74, 6) is 0.592. The van der Waals surface area contributed by atoms with Gasteiger partial charge in [-0.2, -0.15) is 0 Å². The summed E-state index contributed by atoms with van der Waals surface area (Å²) in [6, 6.07) is 4.09. The molecule has 1 fully saturated rings. The first kappa shape index (κ1) is 15.6. The molecule has 0 radical (unpaired) electrons. The third-order valence-electron chi connectivity index (χ3n) is 4.60. The molecule has 0 aromatic heterocycles. The fourth-order valence-electron chi connectivity index (χ4n) is 3.43. The number of hydrogen-bond acceptors (Lipinski definition) is 3. The third kappa shape index (κ3) is 2.95. The van der Waals surface area contributed by atoms with Gasteiger partial charge in [0.1, 0.15) is 11.9 Å². The number of nitrogens with one attached hydrogen (secondary N) is 2. The van der Waals surface area contributed by atoms with Crippen LogP contribution in [0.1, 0.15) is 49.0 Å². The zero-order chi connectivity index (χ0) is 15.7. The third-order valence-corrected chi connectivity index (χ3v) is 4.95. The van der Waals surface area contributed by atoms with E-state index in [9.17, 15) is 4.79 Å².